The van der Waals surface area contributed by atoms with Gasteiger partial charge in [0.25, 0.3) is 11.6 Å². The average Bonchev–Trinajstić information content (AvgIpc) is 2.59. The monoisotopic (exact) mass is 500 g/mol. The number of hydrogen-bond donors (Lipinski definition) is 2. The minimum atomic E-state index is -1.30. The number of aliphatic carboxylic acids is 1. The highest BCUT2D eigenvalue weighted by atomic mass is 79.9. The first-order valence-electron chi connectivity index (χ1n) is 7.52. The van der Waals surface area contributed by atoms with Crippen molar-refractivity contribution in [2.75, 3.05) is 7.11 Å². The van der Waals surface area contributed by atoms with E-state index in [0.717, 1.165) is 0 Å². The molecule has 0 aliphatic carbocycles. The summed E-state index contributed by atoms with van der Waals surface area (Å²) >= 11 is 6.53. The van der Waals surface area contributed by atoms with Crippen molar-refractivity contribution in [2.45, 2.75) is 12.5 Å². The number of nitrogens with zero attached hydrogens (tertiary/aromatic N) is 1. The molecule has 0 radical (unpaired) electrons. The number of carboxylic acids is 1. The molecule has 0 spiro atoms. The highest BCUT2D eigenvalue weighted by Crippen LogP contribution is 2.25. The molecule has 0 heterocycles. The highest BCUT2D eigenvalue weighted by Gasteiger charge is 2.24. The van der Waals surface area contributed by atoms with Gasteiger partial charge in [-0.1, -0.05) is 31.9 Å². The number of amides is 1. The zero-order valence-electron chi connectivity index (χ0n) is 13.9. The zero-order chi connectivity index (χ0) is 20.1. The van der Waals surface area contributed by atoms with Gasteiger partial charge in [0, 0.05) is 38.6 Å². The number of methoxy groups -OCH3 is 1. The van der Waals surface area contributed by atoms with Crippen LogP contribution < -0.4 is 10.1 Å². The summed E-state index contributed by atoms with van der Waals surface area (Å²) in [5.41, 5.74) is 0.362. The summed E-state index contributed by atoms with van der Waals surface area (Å²) in [6.45, 7) is 0. The van der Waals surface area contributed by atoms with Gasteiger partial charge in [0.1, 0.15) is 11.8 Å². The molecule has 2 aromatic rings. The summed E-state index contributed by atoms with van der Waals surface area (Å²) in [4.78, 5) is 34.4. The van der Waals surface area contributed by atoms with Crippen LogP contribution in [-0.2, 0) is 11.2 Å². The molecule has 0 aromatic heterocycles. The van der Waals surface area contributed by atoms with Crippen LogP contribution in [0.2, 0.25) is 0 Å². The number of carboxylic acid groups (broad SMARTS) is 1. The number of non-ortho nitro benzene ring substituents is 1. The van der Waals surface area contributed by atoms with Gasteiger partial charge in [-0.15, -0.1) is 0 Å². The summed E-state index contributed by atoms with van der Waals surface area (Å²) < 4.78 is 6.44. The molecule has 142 valence electrons. The minimum Gasteiger partial charge on any atom is -0.496 e. The van der Waals surface area contributed by atoms with Crippen molar-refractivity contribution in [2.24, 2.45) is 0 Å². The van der Waals surface area contributed by atoms with Gasteiger partial charge in [0.15, 0.2) is 0 Å². The fraction of sp³-hybridized carbons (Fsp3) is 0.176. The lowest BCUT2D eigenvalue weighted by Crippen LogP contribution is -2.42. The summed E-state index contributed by atoms with van der Waals surface area (Å²) in [6, 6.07) is 7.41. The Kier molecular flexibility index (Phi) is 6.92. The Morgan fingerprint density at radius 3 is 2.37 bits per heavy atom. The summed E-state index contributed by atoms with van der Waals surface area (Å²) in [5, 5.41) is 22.9. The van der Waals surface area contributed by atoms with E-state index in [9.17, 15) is 24.8 Å². The van der Waals surface area contributed by atoms with E-state index in [0.29, 0.717) is 20.3 Å². The molecule has 27 heavy (non-hydrogen) atoms. The van der Waals surface area contributed by atoms with Crippen LogP contribution in [0.1, 0.15) is 15.9 Å². The van der Waals surface area contributed by atoms with Crippen molar-refractivity contribution in [3.8, 4) is 5.75 Å². The number of halogens is 2. The lowest BCUT2D eigenvalue weighted by molar-refractivity contribution is -0.384. The molecule has 8 nitrogen and oxygen atoms in total. The van der Waals surface area contributed by atoms with Crippen LogP contribution >= 0.6 is 31.9 Å². The molecule has 0 unspecified atom stereocenters. The Labute approximate surface area is 170 Å². The first kappa shape index (κ1) is 20.8. The van der Waals surface area contributed by atoms with Crippen LogP contribution in [0.3, 0.4) is 0 Å². The highest BCUT2D eigenvalue weighted by molar-refractivity contribution is 9.11. The van der Waals surface area contributed by atoms with Gasteiger partial charge in [0.2, 0.25) is 0 Å². The van der Waals surface area contributed by atoms with E-state index in [1.54, 1.807) is 18.2 Å². The molecule has 1 atom stereocenters. The number of ether oxygens (including phenoxy) is 1. The van der Waals surface area contributed by atoms with Crippen molar-refractivity contribution in [1.82, 2.24) is 5.32 Å². The summed E-state index contributed by atoms with van der Waals surface area (Å²) in [5.74, 6) is -1.56. The number of nitro groups is 1. The SMILES string of the molecule is COc1ccc([N+](=O)[O-])cc1C[C@H](NC(=O)c1cc(Br)cc(Br)c1)C(=O)O. The fourth-order valence-electron chi connectivity index (χ4n) is 2.38. The van der Waals surface area contributed by atoms with E-state index in [-0.39, 0.29) is 17.7 Å². The molecule has 0 fully saturated rings. The summed E-state index contributed by atoms with van der Waals surface area (Å²) in [7, 11) is 1.37. The number of carbonyl (C=O) groups excluding carboxylic acids is 1. The van der Waals surface area contributed by atoms with Crippen molar-refractivity contribution >= 4 is 49.4 Å². The second kappa shape index (κ2) is 8.96. The number of carbonyl (C=O) groups is 2. The van der Waals surface area contributed by atoms with E-state index in [2.05, 4.69) is 37.2 Å². The van der Waals surface area contributed by atoms with E-state index in [1.165, 1.54) is 25.3 Å². The van der Waals surface area contributed by atoms with E-state index < -0.39 is 22.8 Å². The van der Waals surface area contributed by atoms with Crippen molar-refractivity contribution < 1.29 is 24.4 Å². The van der Waals surface area contributed by atoms with Gasteiger partial charge in [-0.3, -0.25) is 14.9 Å². The van der Waals surface area contributed by atoms with Crippen molar-refractivity contribution in [3.05, 3.63) is 66.6 Å². The largest absolute Gasteiger partial charge is 0.496 e. The van der Waals surface area contributed by atoms with E-state index in [1.807, 2.05) is 0 Å². The molecule has 0 saturated heterocycles. The Hall–Kier alpha value is -2.46. The fourth-order valence-corrected chi connectivity index (χ4v) is 3.68. The maximum absolute atomic E-state index is 12.4. The smallest absolute Gasteiger partial charge is 0.326 e. The Morgan fingerprint density at radius 2 is 1.85 bits per heavy atom. The van der Waals surface area contributed by atoms with Crippen LogP contribution in [0.4, 0.5) is 5.69 Å². The van der Waals surface area contributed by atoms with Gasteiger partial charge in [-0.2, -0.15) is 0 Å². The topological polar surface area (TPSA) is 119 Å². The molecule has 0 bridgehead atoms. The van der Waals surface area contributed by atoms with Crippen molar-refractivity contribution in [1.29, 1.82) is 0 Å². The zero-order valence-corrected chi connectivity index (χ0v) is 17.1. The molecule has 2 rings (SSSR count). The van der Waals surface area contributed by atoms with Gasteiger partial charge in [-0.05, 0) is 24.3 Å². The molecule has 2 N–H and O–H groups in total. The van der Waals surface area contributed by atoms with Crippen LogP contribution in [0.25, 0.3) is 0 Å². The first-order chi connectivity index (χ1) is 12.7. The van der Waals surface area contributed by atoms with Crippen LogP contribution in [-0.4, -0.2) is 35.1 Å². The first-order valence-corrected chi connectivity index (χ1v) is 9.11. The number of nitrogens with one attached hydrogen (secondary N) is 1. The third-order valence-electron chi connectivity index (χ3n) is 3.63. The van der Waals surface area contributed by atoms with Gasteiger partial charge in [0.05, 0.1) is 12.0 Å². The number of benzene rings is 2. The Balaban J connectivity index is 2.28. The second-order valence-electron chi connectivity index (χ2n) is 5.48. The quantitative estimate of drug-likeness (QED) is 0.442. The number of hydrogen-bond acceptors (Lipinski definition) is 5. The number of nitro benzene ring substituents is 1. The minimum absolute atomic E-state index is 0.179. The van der Waals surface area contributed by atoms with Gasteiger partial charge < -0.3 is 15.2 Å². The van der Waals surface area contributed by atoms with E-state index in [4.69, 9.17) is 4.74 Å². The maximum Gasteiger partial charge on any atom is 0.326 e. The maximum atomic E-state index is 12.4. The predicted octanol–water partition coefficient (Wildman–Crippen LogP) is 3.55. The van der Waals surface area contributed by atoms with Crippen LogP contribution in [0.5, 0.6) is 5.75 Å². The predicted molar refractivity (Wildman–Crippen MR) is 104 cm³/mol. The van der Waals surface area contributed by atoms with Gasteiger partial charge in [-0.25, -0.2) is 4.79 Å². The van der Waals surface area contributed by atoms with Crippen molar-refractivity contribution in [3.63, 3.8) is 0 Å². The lowest BCUT2D eigenvalue weighted by atomic mass is 10.0. The normalized spacial score (nSPS) is 11.5. The van der Waals surface area contributed by atoms with Crippen LogP contribution in [0, 0.1) is 10.1 Å². The van der Waals surface area contributed by atoms with E-state index >= 15 is 0 Å². The molecule has 2 aromatic carbocycles. The molecule has 1 amide bonds. The van der Waals surface area contributed by atoms with Gasteiger partial charge >= 0.3 is 5.97 Å². The molecule has 0 aliphatic heterocycles. The molecule has 0 aliphatic rings. The molecule has 0 saturated carbocycles. The Bertz CT molecular complexity index is 883. The Morgan fingerprint density at radius 1 is 1.22 bits per heavy atom. The lowest BCUT2D eigenvalue weighted by Gasteiger charge is -2.16. The average molecular weight is 502 g/mol. The second-order valence-corrected chi connectivity index (χ2v) is 7.31. The molecular weight excluding hydrogens is 488 g/mol. The summed E-state index contributed by atoms with van der Waals surface area (Å²) in [6.07, 6.45) is -0.179. The number of rotatable bonds is 7. The molecule has 10 heteroatoms. The molecular formula is C17H14Br2N2O6. The third kappa shape index (κ3) is 5.51. The third-order valence-corrected chi connectivity index (χ3v) is 4.54. The standard InChI is InChI=1S/C17H14Br2N2O6/c1-27-15-3-2-13(21(25)26)6-9(15)7-14(17(23)24)20-16(22)10-4-11(18)8-12(19)5-10/h2-6,8,14H,7H2,1H3,(H,20,22)(H,23,24)/t14-/m0/s1. The van der Waals surface area contributed by atoms with Crippen LogP contribution in [0.15, 0.2) is 45.3 Å².